The molecule has 0 spiro atoms. The Hall–Kier alpha value is -1.62. The van der Waals surface area contributed by atoms with Gasteiger partial charge in [-0.25, -0.2) is 15.0 Å². The summed E-state index contributed by atoms with van der Waals surface area (Å²) < 4.78 is 28.8. The molecule has 1 aliphatic heterocycles. The number of fused-ring (bicyclic) bond motifs is 1. The van der Waals surface area contributed by atoms with Gasteiger partial charge in [0.05, 0.1) is 12.9 Å². The first-order valence-electron chi connectivity index (χ1n) is 7.06. The lowest BCUT2D eigenvalue weighted by atomic mass is 10.1. The molecule has 12 heteroatoms. The Morgan fingerprint density at radius 1 is 1.46 bits per heavy atom. The molecular weight excluding hydrogens is 341 g/mol. The zero-order chi connectivity index (χ0) is 17.5. The van der Waals surface area contributed by atoms with Crippen molar-refractivity contribution in [2.24, 2.45) is 0 Å². The lowest BCUT2D eigenvalue weighted by Gasteiger charge is -2.19. The van der Waals surface area contributed by atoms with Crippen molar-refractivity contribution in [3.8, 4) is 0 Å². The molecule has 3 heterocycles. The van der Waals surface area contributed by atoms with Crippen molar-refractivity contribution >= 4 is 24.6 Å². The van der Waals surface area contributed by atoms with E-state index in [1.165, 1.54) is 19.8 Å². The zero-order valence-electron chi connectivity index (χ0n) is 13.0. The molecule has 2 unspecified atom stereocenters. The predicted molar refractivity (Wildman–Crippen MR) is 82.2 cm³/mol. The molecule has 5 atom stereocenters. The molecule has 24 heavy (non-hydrogen) atoms. The molecule has 0 aliphatic carbocycles. The Balaban J connectivity index is 1.89. The van der Waals surface area contributed by atoms with E-state index in [9.17, 15) is 14.6 Å². The molecule has 0 aromatic carbocycles. The second-order valence-electron chi connectivity index (χ2n) is 5.44. The van der Waals surface area contributed by atoms with Crippen LogP contribution in [0, 0.1) is 0 Å². The number of methoxy groups -OCH3 is 1. The van der Waals surface area contributed by atoms with Crippen molar-refractivity contribution in [3.63, 3.8) is 0 Å². The summed E-state index contributed by atoms with van der Waals surface area (Å²) in [5, 5.41) is 10.3. The molecule has 0 bridgehead atoms. The fourth-order valence-electron chi connectivity index (χ4n) is 2.60. The van der Waals surface area contributed by atoms with Crippen LogP contribution in [0.5, 0.6) is 0 Å². The van der Waals surface area contributed by atoms with Gasteiger partial charge < -0.3 is 29.7 Å². The van der Waals surface area contributed by atoms with Gasteiger partial charge in [-0.3, -0.25) is 9.13 Å². The fraction of sp³-hybridized carbons (Fsp3) is 0.583. The fourth-order valence-corrected chi connectivity index (χ4v) is 3.03. The highest BCUT2D eigenvalue weighted by molar-refractivity contribution is 7.51. The molecule has 1 fully saturated rings. The molecule has 132 valence electrons. The minimum Gasteiger partial charge on any atom is -0.387 e. The number of nitrogens with zero attached hydrogens (tertiary/aromatic N) is 4. The molecular formula is C12H18N5O6P. The van der Waals surface area contributed by atoms with E-state index in [1.807, 2.05) is 0 Å². The van der Waals surface area contributed by atoms with Gasteiger partial charge in [0.15, 0.2) is 17.7 Å². The molecule has 4 N–H and O–H groups in total. The number of hydrogen-bond donors (Lipinski definition) is 3. The van der Waals surface area contributed by atoms with E-state index in [2.05, 4.69) is 15.0 Å². The Labute approximate surface area is 136 Å². The van der Waals surface area contributed by atoms with Gasteiger partial charge in [-0.05, 0) is 0 Å². The van der Waals surface area contributed by atoms with E-state index < -0.39 is 32.1 Å². The van der Waals surface area contributed by atoms with Gasteiger partial charge in [-0.15, -0.1) is 0 Å². The van der Waals surface area contributed by atoms with Gasteiger partial charge >= 0.3 is 7.60 Å². The number of aliphatic hydroxyl groups excluding tert-OH is 1. The maximum Gasteiger partial charge on any atom is 0.325 e. The van der Waals surface area contributed by atoms with Crippen LogP contribution in [0.3, 0.4) is 0 Å². The third-order valence-electron chi connectivity index (χ3n) is 3.72. The highest BCUT2D eigenvalue weighted by Crippen LogP contribution is 2.39. The smallest absolute Gasteiger partial charge is 0.325 e. The summed E-state index contributed by atoms with van der Waals surface area (Å²) >= 11 is 0. The van der Waals surface area contributed by atoms with Gasteiger partial charge in [-0.1, -0.05) is 0 Å². The molecule has 1 saturated heterocycles. The van der Waals surface area contributed by atoms with E-state index in [4.69, 9.17) is 19.7 Å². The molecule has 0 saturated carbocycles. The average Bonchev–Trinajstić information content (AvgIpc) is 3.06. The van der Waals surface area contributed by atoms with E-state index in [1.54, 1.807) is 4.57 Å². The first kappa shape index (κ1) is 17.2. The van der Waals surface area contributed by atoms with Gasteiger partial charge in [0.2, 0.25) is 0 Å². The van der Waals surface area contributed by atoms with E-state index in [0.29, 0.717) is 11.2 Å². The number of aromatic nitrogens is 4. The number of imidazole rings is 1. The number of aliphatic hydroxyl groups is 1. The summed E-state index contributed by atoms with van der Waals surface area (Å²) in [6.07, 6.45) is -0.669. The van der Waals surface area contributed by atoms with Gasteiger partial charge in [-0.2, -0.15) is 0 Å². The van der Waals surface area contributed by atoms with Crippen LogP contribution in [0.25, 0.3) is 11.2 Å². The Bertz CT molecular complexity index is 778. The van der Waals surface area contributed by atoms with Gasteiger partial charge in [0, 0.05) is 13.8 Å². The highest BCUT2D eigenvalue weighted by Gasteiger charge is 2.46. The number of nitrogens with two attached hydrogens (primary N) is 1. The standard InChI is InChI=1S/C12H18N5O6P/c1-21-9-8(18)6(3-22-24(2,19)20)23-12(9)17-5-16-7-10(13)14-4-15-11(7)17/h4-6,8-9,12,18H,3H2,1-2H3,(H,19,20)(H2,13,14,15)/t6-,8?,9+,12-/m1/s1. The van der Waals surface area contributed by atoms with Crippen LogP contribution in [0.4, 0.5) is 5.82 Å². The molecule has 3 rings (SSSR count). The molecule has 1 aliphatic rings. The van der Waals surface area contributed by atoms with Crippen LogP contribution in [-0.2, 0) is 18.6 Å². The SMILES string of the molecule is CO[C@H]1C(O)[C@@H](COP(C)(=O)O)O[C@H]1n1cnc2c(N)ncnc21. The van der Waals surface area contributed by atoms with Crippen molar-refractivity contribution < 1.29 is 28.6 Å². The number of nitrogen functional groups attached to an aromatic ring is 1. The van der Waals surface area contributed by atoms with E-state index >= 15 is 0 Å². The largest absolute Gasteiger partial charge is 0.387 e. The summed E-state index contributed by atoms with van der Waals surface area (Å²) in [6.45, 7) is 0.800. The average molecular weight is 359 g/mol. The minimum absolute atomic E-state index is 0.221. The van der Waals surface area contributed by atoms with Crippen molar-refractivity contribution in [2.75, 3.05) is 26.1 Å². The van der Waals surface area contributed by atoms with Crippen molar-refractivity contribution in [2.45, 2.75) is 24.5 Å². The Morgan fingerprint density at radius 3 is 2.88 bits per heavy atom. The number of anilines is 1. The predicted octanol–water partition coefficient (Wildman–Crippen LogP) is -0.486. The topological polar surface area (TPSA) is 155 Å². The minimum atomic E-state index is -3.69. The molecule has 11 nitrogen and oxygen atoms in total. The Kier molecular flexibility index (Phi) is 4.56. The summed E-state index contributed by atoms with van der Waals surface area (Å²) in [6, 6.07) is 0. The van der Waals surface area contributed by atoms with Crippen LogP contribution < -0.4 is 5.73 Å². The normalized spacial score (nSPS) is 29.8. The Morgan fingerprint density at radius 2 is 2.21 bits per heavy atom. The van der Waals surface area contributed by atoms with Gasteiger partial charge in [0.1, 0.15) is 30.2 Å². The van der Waals surface area contributed by atoms with Crippen LogP contribution >= 0.6 is 7.60 Å². The summed E-state index contributed by atoms with van der Waals surface area (Å²) in [7, 11) is -2.26. The van der Waals surface area contributed by atoms with Crippen LogP contribution in [0.1, 0.15) is 6.23 Å². The van der Waals surface area contributed by atoms with Crippen molar-refractivity contribution in [1.82, 2.24) is 19.5 Å². The van der Waals surface area contributed by atoms with Crippen LogP contribution in [-0.4, -0.2) is 68.2 Å². The van der Waals surface area contributed by atoms with E-state index in [0.717, 1.165) is 6.66 Å². The quantitative estimate of drug-likeness (QED) is 0.596. The number of hydrogen-bond acceptors (Lipinski definition) is 9. The molecule has 0 amide bonds. The third-order valence-corrected chi connectivity index (χ3v) is 4.35. The second kappa shape index (κ2) is 6.36. The maximum absolute atomic E-state index is 11.3. The lowest BCUT2D eigenvalue weighted by molar-refractivity contribution is -0.0565. The monoisotopic (exact) mass is 359 g/mol. The summed E-state index contributed by atoms with van der Waals surface area (Å²) in [5.41, 5.74) is 6.58. The first-order valence-corrected chi connectivity index (χ1v) is 9.08. The van der Waals surface area contributed by atoms with Crippen molar-refractivity contribution in [1.29, 1.82) is 0 Å². The molecule has 0 radical (unpaired) electrons. The van der Waals surface area contributed by atoms with Crippen molar-refractivity contribution in [3.05, 3.63) is 12.7 Å². The summed E-state index contributed by atoms with van der Waals surface area (Å²) in [4.78, 5) is 21.4. The number of ether oxygens (including phenoxy) is 2. The summed E-state index contributed by atoms with van der Waals surface area (Å²) in [5.74, 6) is 0.221. The van der Waals surface area contributed by atoms with Gasteiger partial charge in [0.25, 0.3) is 0 Å². The maximum atomic E-state index is 11.3. The second-order valence-corrected chi connectivity index (χ2v) is 7.30. The van der Waals surface area contributed by atoms with Crippen LogP contribution in [0.15, 0.2) is 12.7 Å². The third kappa shape index (κ3) is 3.14. The lowest BCUT2D eigenvalue weighted by Crippen LogP contribution is -2.35. The van der Waals surface area contributed by atoms with Crippen LogP contribution in [0.2, 0.25) is 0 Å². The molecule has 2 aromatic rings. The van der Waals surface area contributed by atoms with E-state index in [-0.39, 0.29) is 12.4 Å². The molecule has 2 aromatic heterocycles. The number of rotatable bonds is 5. The first-order chi connectivity index (χ1) is 11.3. The zero-order valence-corrected chi connectivity index (χ0v) is 13.9. The highest BCUT2D eigenvalue weighted by atomic mass is 31.2.